The highest BCUT2D eigenvalue weighted by atomic mass is 16.5. The predicted molar refractivity (Wildman–Crippen MR) is 78.6 cm³/mol. The molecule has 1 aliphatic rings. The fourth-order valence-corrected chi connectivity index (χ4v) is 2.79. The summed E-state index contributed by atoms with van der Waals surface area (Å²) in [6.45, 7) is 9.61. The fraction of sp³-hybridized carbons (Fsp3) is 0.500. The molecule has 0 N–H and O–H groups in total. The lowest BCUT2D eigenvalue weighted by molar-refractivity contribution is 0.0619. The molecule has 0 saturated carbocycles. The third-order valence-electron chi connectivity index (χ3n) is 3.81. The first-order valence-corrected chi connectivity index (χ1v) is 7.15. The highest BCUT2D eigenvalue weighted by Crippen LogP contribution is 2.25. The van der Waals surface area contributed by atoms with Crippen LogP contribution in [0.5, 0.6) is 0 Å². The first-order chi connectivity index (χ1) is 9.60. The van der Waals surface area contributed by atoms with E-state index in [1.54, 1.807) is 6.92 Å². The van der Waals surface area contributed by atoms with Crippen LogP contribution < -0.4 is 0 Å². The smallest absolute Gasteiger partial charge is 0.260 e. The van der Waals surface area contributed by atoms with E-state index in [4.69, 9.17) is 4.52 Å². The van der Waals surface area contributed by atoms with E-state index in [9.17, 15) is 4.79 Å². The zero-order chi connectivity index (χ0) is 14.7. The van der Waals surface area contributed by atoms with Gasteiger partial charge in [-0.05, 0) is 33.1 Å². The molecule has 108 valence electrons. The minimum absolute atomic E-state index is 0.0179. The van der Waals surface area contributed by atoms with Gasteiger partial charge in [0.05, 0.1) is 5.69 Å². The van der Waals surface area contributed by atoms with Crippen molar-refractivity contribution in [3.05, 3.63) is 41.8 Å². The van der Waals surface area contributed by atoms with Crippen LogP contribution in [0.3, 0.4) is 0 Å². The standard InChI is InChI=1S/C16H22N2O2/c1-5-8-13-10-7-9-11(3)18(13)16(19)15-12(4)20-17-14(15)6-2/h5,7,9,11,13H,1,6,8,10H2,2-4H3/t11-,13-/m1/s1. The molecule has 20 heavy (non-hydrogen) atoms. The van der Waals surface area contributed by atoms with E-state index in [0.717, 1.165) is 18.5 Å². The molecule has 2 rings (SSSR count). The number of aromatic nitrogens is 1. The third kappa shape index (κ3) is 2.55. The van der Waals surface area contributed by atoms with E-state index < -0.39 is 0 Å². The quantitative estimate of drug-likeness (QED) is 0.792. The van der Waals surface area contributed by atoms with Crippen molar-refractivity contribution in [1.82, 2.24) is 10.1 Å². The van der Waals surface area contributed by atoms with Crippen molar-refractivity contribution >= 4 is 5.91 Å². The summed E-state index contributed by atoms with van der Waals surface area (Å²) >= 11 is 0. The Bertz CT molecular complexity index is 531. The zero-order valence-electron chi connectivity index (χ0n) is 12.4. The van der Waals surface area contributed by atoms with Crippen LogP contribution in [0.2, 0.25) is 0 Å². The number of rotatable bonds is 4. The molecule has 2 heterocycles. The molecule has 4 nitrogen and oxygen atoms in total. The van der Waals surface area contributed by atoms with Crippen LogP contribution in [0, 0.1) is 6.92 Å². The molecule has 0 aliphatic carbocycles. The molecule has 2 atom stereocenters. The summed E-state index contributed by atoms with van der Waals surface area (Å²) in [5.74, 6) is 0.621. The molecule has 0 fully saturated rings. The molecule has 0 spiro atoms. The van der Waals surface area contributed by atoms with Crippen molar-refractivity contribution in [1.29, 1.82) is 0 Å². The number of aryl methyl sites for hydroxylation is 2. The molecular weight excluding hydrogens is 252 g/mol. The summed E-state index contributed by atoms with van der Waals surface area (Å²) in [4.78, 5) is 14.8. The van der Waals surface area contributed by atoms with E-state index in [2.05, 4.69) is 23.9 Å². The maximum atomic E-state index is 12.9. The van der Waals surface area contributed by atoms with Crippen molar-refractivity contribution in [2.45, 2.75) is 52.1 Å². The minimum Gasteiger partial charge on any atom is -0.361 e. The summed E-state index contributed by atoms with van der Waals surface area (Å²) < 4.78 is 5.19. The van der Waals surface area contributed by atoms with Gasteiger partial charge >= 0.3 is 0 Å². The lowest BCUT2D eigenvalue weighted by atomic mass is 9.98. The maximum absolute atomic E-state index is 12.9. The fourth-order valence-electron chi connectivity index (χ4n) is 2.79. The number of hydrogen-bond donors (Lipinski definition) is 0. The van der Waals surface area contributed by atoms with E-state index >= 15 is 0 Å². The van der Waals surface area contributed by atoms with Gasteiger partial charge in [-0.1, -0.05) is 30.3 Å². The van der Waals surface area contributed by atoms with Crippen LogP contribution in [0.1, 0.15) is 48.5 Å². The van der Waals surface area contributed by atoms with Gasteiger partial charge in [-0.2, -0.15) is 0 Å². The zero-order valence-corrected chi connectivity index (χ0v) is 12.4. The van der Waals surface area contributed by atoms with Gasteiger partial charge in [-0.3, -0.25) is 4.79 Å². The molecule has 4 heteroatoms. The second kappa shape index (κ2) is 6.07. The molecule has 0 unspecified atom stereocenters. The van der Waals surface area contributed by atoms with Gasteiger partial charge in [0.1, 0.15) is 11.3 Å². The SMILES string of the molecule is C=CC[C@@H]1CC=C[C@@H](C)N1C(=O)c1c(CC)noc1C. The average molecular weight is 274 g/mol. The topological polar surface area (TPSA) is 46.3 Å². The molecule has 1 aromatic rings. The van der Waals surface area contributed by atoms with Crippen molar-refractivity contribution < 1.29 is 9.32 Å². The summed E-state index contributed by atoms with van der Waals surface area (Å²) in [7, 11) is 0. The largest absolute Gasteiger partial charge is 0.361 e. The molecule has 1 aliphatic heterocycles. The molecule has 0 radical (unpaired) electrons. The second-order valence-electron chi connectivity index (χ2n) is 5.21. The Morgan fingerprint density at radius 1 is 1.65 bits per heavy atom. The monoisotopic (exact) mass is 274 g/mol. The predicted octanol–water partition coefficient (Wildman–Crippen LogP) is 3.28. The van der Waals surface area contributed by atoms with Crippen LogP contribution >= 0.6 is 0 Å². The van der Waals surface area contributed by atoms with Crippen LogP contribution in [0.25, 0.3) is 0 Å². The Labute approximate surface area is 120 Å². The highest BCUT2D eigenvalue weighted by Gasteiger charge is 2.32. The van der Waals surface area contributed by atoms with Crippen LogP contribution in [0.15, 0.2) is 29.3 Å². The van der Waals surface area contributed by atoms with Gasteiger partial charge in [0.15, 0.2) is 0 Å². The summed E-state index contributed by atoms with van der Waals surface area (Å²) in [6, 6.07) is 0.249. The van der Waals surface area contributed by atoms with Crippen molar-refractivity contribution in [2.24, 2.45) is 0 Å². The van der Waals surface area contributed by atoms with Gasteiger partial charge in [0.25, 0.3) is 5.91 Å². The van der Waals surface area contributed by atoms with Gasteiger partial charge in [-0.25, -0.2) is 0 Å². The molecule has 0 saturated heterocycles. The normalized spacial score (nSPS) is 22.1. The summed E-state index contributed by atoms with van der Waals surface area (Å²) in [5, 5.41) is 3.99. The molecule has 0 bridgehead atoms. The summed E-state index contributed by atoms with van der Waals surface area (Å²) in [6.07, 6.45) is 8.45. The molecule has 1 amide bonds. The van der Waals surface area contributed by atoms with Gasteiger partial charge in [0.2, 0.25) is 0 Å². The van der Waals surface area contributed by atoms with Crippen molar-refractivity contribution in [3.8, 4) is 0 Å². The first-order valence-electron chi connectivity index (χ1n) is 7.15. The Morgan fingerprint density at radius 2 is 2.40 bits per heavy atom. The van der Waals surface area contributed by atoms with Crippen LogP contribution in [-0.2, 0) is 6.42 Å². The van der Waals surface area contributed by atoms with Gasteiger partial charge in [0, 0.05) is 12.1 Å². The van der Waals surface area contributed by atoms with Crippen molar-refractivity contribution in [3.63, 3.8) is 0 Å². The number of carbonyl (C=O) groups excluding carboxylic acids is 1. The minimum atomic E-state index is 0.0179. The van der Waals surface area contributed by atoms with Crippen LogP contribution in [0.4, 0.5) is 0 Å². The number of hydrogen-bond acceptors (Lipinski definition) is 3. The Hall–Kier alpha value is -1.84. The molecule has 1 aromatic heterocycles. The Morgan fingerprint density at radius 3 is 3.05 bits per heavy atom. The lowest BCUT2D eigenvalue weighted by Gasteiger charge is -2.37. The Kier molecular flexibility index (Phi) is 4.42. The van der Waals surface area contributed by atoms with E-state index in [1.807, 2.05) is 24.8 Å². The Balaban J connectivity index is 2.36. The van der Waals surface area contributed by atoms with Crippen LogP contribution in [-0.4, -0.2) is 28.0 Å². The third-order valence-corrected chi connectivity index (χ3v) is 3.81. The number of carbonyl (C=O) groups is 1. The second-order valence-corrected chi connectivity index (χ2v) is 5.21. The first kappa shape index (κ1) is 14.6. The van der Waals surface area contributed by atoms with Gasteiger partial charge < -0.3 is 9.42 Å². The lowest BCUT2D eigenvalue weighted by Crippen LogP contribution is -2.47. The maximum Gasteiger partial charge on any atom is 0.260 e. The van der Waals surface area contributed by atoms with E-state index in [-0.39, 0.29) is 18.0 Å². The molecular formula is C16H22N2O2. The molecule has 0 aromatic carbocycles. The highest BCUT2D eigenvalue weighted by molar-refractivity contribution is 5.96. The van der Waals surface area contributed by atoms with E-state index in [0.29, 0.717) is 17.7 Å². The average Bonchev–Trinajstić information content (AvgIpc) is 2.80. The number of amides is 1. The van der Waals surface area contributed by atoms with E-state index in [1.165, 1.54) is 0 Å². The van der Waals surface area contributed by atoms with Gasteiger partial charge in [-0.15, -0.1) is 6.58 Å². The number of nitrogens with zero attached hydrogens (tertiary/aromatic N) is 2. The van der Waals surface area contributed by atoms with Crippen molar-refractivity contribution in [2.75, 3.05) is 0 Å². The summed E-state index contributed by atoms with van der Waals surface area (Å²) in [5.41, 5.74) is 1.37.